The zero-order valence-corrected chi connectivity index (χ0v) is 16.3. The van der Waals surface area contributed by atoms with Gasteiger partial charge in [-0.1, -0.05) is 115 Å². The molecule has 0 bridgehead atoms. The molecule has 0 aliphatic rings. The van der Waals surface area contributed by atoms with E-state index in [0.29, 0.717) is 6.54 Å². The van der Waals surface area contributed by atoms with Gasteiger partial charge in [-0.25, -0.2) is 0 Å². The first kappa shape index (κ1) is 18.6. The second kappa shape index (κ2) is 8.99. The first-order valence-corrected chi connectivity index (χ1v) is 9.79. The average molecular weight is 373 g/mol. The fraction of sp³-hybridized carbons (Fsp3) is 0.0357. The molecule has 4 aromatic rings. The average Bonchev–Trinajstić information content (AvgIpc) is 2.80. The summed E-state index contributed by atoms with van der Waals surface area (Å²) < 4.78 is 0. The van der Waals surface area contributed by atoms with E-state index >= 15 is 0 Å². The quantitative estimate of drug-likeness (QED) is 0.258. The number of benzene rings is 4. The van der Waals surface area contributed by atoms with Crippen LogP contribution >= 0.6 is 0 Å². The Bertz CT molecular complexity index is 1050. The van der Waals surface area contributed by atoms with Crippen molar-refractivity contribution >= 4 is 17.9 Å². The summed E-state index contributed by atoms with van der Waals surface area (Å²) in [6.07, 6.45) is 0. The molecule has 0 saturated carbocycles. The van der Waals surface area contributed by atoms with Gasteiger partial charge in [0.25, 0.3) is 0 Å². The van der Waals surface area contributed by atoms with E-state index in [1.54, 1.807) is 0 Å². The molecule has 0 radical (unpaired) electrons. The highest BCUT2D eigenvalue weighted by Crippen LogP contribution is 2.36. The van der Waals surface area contributed by atoms with Crippen molar-refractivity contribution in [2.24, 2.45) is 4.99 Å². The fourth-order valence-electron chi connectivity index (χ4n) is 3.63. The molecule has 0 fully saturated rings. The largest absolute Gasteiger partial charge is 0.296 e. The van der Waals surface area contributed by atoms with Crippen LogP contribution in [0.2, 0.25) is 0 Å². The van der Waals surface area contributed by atoms with Crippen molar-refractivity contribution in [2.45, 2.75) is 6.54 Å². The normalized spacial score (nSPS) is 10.3. The van der Waals surface area contributed by atoms with Crippen LogP contribution in [0.25, 0.3) is 11.1 Å². The van der Waals surface area contributed by atoms with Crippen LogP contribution in [0.3, 0.4) is 0 Å². The Kier molecular flexibility index (Phi) is 5.78. The Morgan fingerprint density at radius 1 is 0.483 bits per heavy atom. The Hall–Kier alpha value is -3.71. The van der Waals surface area contributed by atoms with Crippen LogP contribution in [0.4, 0.5) is 0 Å². The Morgan fingerprint density at radius 3 is 1.17 bits per heavy atom. The summed E-state index contributed by atoms with van der Waals surface area (Å²) in [6.45, 7) is 4.24. The maximum Gasteiger partial charge on any atom is 0.0632 e. The van der Waals surface area contributed by atoms with Crippen LogP contribution in [0, 0.1) is 0 Å². The lowest BCUT2D eigenvalue weighted by Gasteiger charge is -2.18. The van der Waals surface area contributed by atoms with Gasteiger partial charge in [0, 0.05) is 0 Å². The molecule has 0 atom stereocenters. The maximum atomic E-state index is 4.01. The summed E-state index contributed by atoms with van der Waals surface area (Å²) in [5.74, 6) is 0. The topological polar surface area (TPSA) is 12.4 Å². The minimum Gasteiger partial charge on any atom is -0.296 e. The minimum atomic E-state index is 0.634. The molecule has 0 N–H and O–H groups in total. The highest BCUT2D eigenvalue weighted by atomic mass is 14.7. The van der Waals surface area contributed by atoms with Gasteiger partial charge in [-0.15, -0.1) is 0 Å². The van der Waals surface area contributed by atoms with E-state index in [-0.39, 0.29) is 0 Å². The van der Waals surface area contributed by atoms with Crippen molar-refractivity contribution in [1.29, 1.82) is 0 Å². The van der Waals surface area contributed by atoms with Gasteiger partial charge in [0.15, 0.2) is 0 Å². The highest BCUT2D eigenvalue weighted by molar-refractivity contribution is 6.04. The van der Waals surface area contributed by atoms with Crippen molar-refractivity contribution < 1.29 is 0 Å². The van der Waals surface area contributed by atoms with E-state index in [1.807, 2.05) is 0 Å². The van der Waals surface area contributed by atoms with E-state index in [9.17, 15) is 0 Å². The highest BCUT2D eigenvalue weighted by Gasteiger charge is 2.15. The van der Waals surface area contributed by atoms with Gasteiger partial charge >= 0.3 is 0 Å². The maximum absolute atomic E-state index is 4.01. The summed E-state index contributed by atoms with van der Waals surface area (Å²) in [5, 5.41) is 0. The Morgan fingerprint density at radius 2 is 0.828 bits per heavy atom. The molecule has 0 amide bonds. The van der Waals surface area contributed by atoms with E-state index < -0.39 is 0 Å². The van der Waals surface area contributed by atoms with Crippen LogP contribution in [0.15, 0.2) is 120 Å². The standard InChI is InChI=1S/C28H23N/c1-29-21-22-17-19-26(20-18-22)28(25-15-9-4-10-16-25)27(23-11-5-2-6-12-23)24-13-7-3-8-14-24/h2-20H,1,21H2. The van der Waals surface area contributed by atoms with Crippen LogP contribution in [-0.2, 0) is 6.54 Å². The van der Waals surface area contributed by atoms with E-state index in [0.717, 1.165) is 5.56 Å². The van der Waals surface area contributed by atoms with Gasteiger partial charge in [-0.2, -0.15) is 0 Å². The fourth-order valence-corrected chi connectivity index (χ4v) is 3.63. The first-order valence-electron chi connectivity index (χ1n) is 9.79. The molecule has 0 aromatic heterocycles. The SMILES string of the molecule is C=NCc1ccc(C(=C(c2ccccc2)c2ccccc2)c2ccccc2)cc1. The lowest BCUT2D eigenvalue weighted by Crippen LogP contribution is -1.97. The predicted octanol–water partition coefficient (Wildman–Crippen LogP) is 6.89. The molecule has 4 rings (SSSR count). The first-order chi connectivity index (χ1) is 14.4. The summed E-state index contributed by atoms with van der Waals surface area (Å²) in [6, 6.07) is 40.5. The van der Waals surface area contributed by atoms with Crippen molar-refractivity contribution in [1.82, 2.24) is 0 Å². The molecule has 0 unspecified atom stereocenters. The number of hydrogen-bond donors (Lipinski definition) is 0. The van der Waals surface area contributed by atoms with Gasteiger partial charge in [0.2, 0.25) is 0 Å². The molecule has 0 heterocycles. The van der Waals surface area contributed by atoms with E-state index in [2.05, 4.69) is 127 Å². The third kappa shape index (κ3) is 4.25. The third-order valence-electron chi connectivity index (χ3n) is 4.97. The van der Waals surface area contributed by atoms with Gasteiger partial charge < -0.3 is 0 Å². The Labute approximate surface area is 172 Å². The molecule has 0 saturated heterocycles. The van der Waals surface area contributed by atoms with Crippen LogP contribution in [0.1, 0.15) is 27.8 Å². The predicted molar refractivity (Wildman–Crippen MR) is 124 cm³/mol. The zero-order valence-electron chi connectivity index (χ0n) is 16.3. The number of nitrogens with zero attached hydrogens (tertiary/aromatic N) is 1. The lowest BCUT2D eigenvalue weighted by molar-refractivity contribution is 1.08. The molecule has 1 heteroatoms. The molecular weight excluding hydrogens is 350 g/mol. The van der Waals surface area contributed by atoms with Crippen LogP contribution < -0.4 is 0 Å². The molecule has 140 valence electrons. The second-order valence-corrected chi connectivity index (χ2v) is 6.93. The van der Waals surface area contributed by atoms with Crippen molar-refractivity contribution in [3.05, 3.63) is 143 Å². The molecule has 0 aliphatic carbocycles. The van der Waals surface area contributed by atoms with Gasteiger partial charge in [0.1, 0.15) is 0 Å². The third-order valence-corrected chi connectivity index (χ3v) is 4.97. The van der Waals surface area contributed by atoms with Crippen LogP contribution in [-0.4, -0.2) is 6.72 Å². The minimum absolute atomic E-state index is 0.634. The van der Waals surface area contributed by atoms with Gasteiger partial charge in [0.05, 0.1) is 6.54 Å². The smallest absolute Gasteiger partial charge is 0.0632 e. The van der Waals surface area contributed by atoms with Gasteiger partial charge in [-0.3, -0.25) is 4.99 Å². The molecule has 1 nitrogen and oxygen atoms in total. The van der Waals surface area contributed by atoms with Crippen LogP contribution in [0.5, 0.6) is 0 Å². The molecular formula is C28H23N. The van der Waals surface area contributed by atoms with Crippen molar-refractivity contribution in [3.63, 3.8) is 0 Å². The van der Waals surface area contributed by atoms with Gasteiger partial charge in [-0.05, 0) is 45.7 Å². The van der Waals surface area contributed by atoms with E-state index in [4.69, 9.17) is 0 Å². The van der Waals surface area contributed by atoms with Crippen molar-refractivity contribution in [3.8, 4) is 0 Å². The molecule has 0 aliphatic heterocycles. The summed E-state index contributed by atoms with van der Waals surface area (Å²) >= 11 is 0. The Balaban J connectivity index is 2.02. The number of aliphatic imine (C=N–C) groups is 1. The second-order valence-electron chi connectivity index (χ2n) is 6.93. The zero-order chi connectivity index (χ0) is 19.9. The number of rotatable bonds is 6. The number of hydrogen-bond acceptors (Lipinski definition) is 1. The monoisotopic (exact) mass is 373 g/mol. The van der Waals surface area contributed by atoms with E-state index in [1.165, 1.54) is 33.4 Å². The summed E-state index contributed by atoms with van der Waals surface area (Å²) in [5.41, 5.74) is 8.41. The lowest BCUT2D eigenvalue weighted by atomic mass is 9.85. The summed E-state index contributed by atoms with van der Waals surface area (Å²) in [7, 11) is 0. The molecule has 0 spiro atoms. The summed E-state index contributed by atoms with van der Waals surface area (Å²) in [4.78, 5) is 4.01. The molecule has 4 aromatic carbocycles. The molecule has 29 heavy (non-hydrogen) atoms. The van der Waals surface area contributed by atoms with Crippen molar-refractivity contribution in [2.75, 3.05) is 0 Å².